The minimum atomic E-state index is -0.531. The first-order valence-corrected chi connectivity index (χ1v) is 5.82. The van der Waals surface area contributed by atoms with Gasteiger partial charge >= 0.3 is 0 Å². The molecule has 0 bridgehead atoms. The van der Waals surface area contributed by atoms with Crippen molar-refractivity contribution in [2.75, 3.05) is 0 Å². The molecular weight excluding hydrogens is 230 g/mol. The van der Waals surface area contributed by atoms with Crippen LogP contribution in [-0.4, -0.2) is 5.38 Å². The van der Waals surface area contributed by atoms with Crippen LogP contribution in [0.4, 0.5) is 8.78 Å². The number of aryl methyl sites for hydroxylation is 1. The molecule has 1 rings (SSSR count). The summed E-state index contributed by atoms with van der Waals surface area (Å²) >= 11 is 6.20. The number of halogens is 3. The predicted octanol–water partition coefficient (Wildman–Crippen LogP) is 4.55. The van der Waals surface area contributed by atoms with Gasteiger partial charge in [0.1, 0.15) is 11.6 Å². The van der Waals surface area contributed by atoms with Gasteiger partial charge in [-0.2, -0.15) is 0 Å². The van der Waals surface area contributed by atoms with E-state index in [1.165, 1.54) is 12.1 Å². The smallest absolute Gasteiger partial charge is 0.126 e. The lowest BCUT2D eigenvalue weighted by molar-refractivity contribution is 0.374. The number of hydrogen-bond acceptors (Lipinski definition) is 0. The van der Waals surface area contributed by atoms with Crippen molar-refractivity contribution in [1.82, 2.24) is 0 Å². The summed E-state index contributed by atoms with van der Waals surface area (Å²) in [4.78, 5) is 0. The Hall–Kier alpha value is -0.630. The first-order chi connectivity index (χ1) is 7.29. The van der Waals surface area contributed by atoms with Gasteiger partial charge in [-0.25, -0.2) is 8.78 Å². The molecule has 0 amide bonds. The van der Waals surface area contributed by atoms with Crippen LogP contribution in [0.15, 0.2) is 18.2 Å². The Morgan fingerprint density at radius 2 is 1.62 bits per heavy atom. The van der Waals surface area contributed by atoms with Gasteiger partial charge in [0.25, 0.3) is 0 Å². The summed E-state index contributed by atoms with van der Waals surface area (Å²) in [6, 6.07) is 3.59. The molecule has 0 N–H and O–H groups in total. The van der Waals surface area contributed by atoms with Crippen molar-refractivity contribution in [2.24, 2.45) is 5.41 Å². The van der Waals surface area contributed by atoms with Gasteiger partial charge in [-0.3, -0.25) is 0 Å². The van der Waals surface area contributed by atoms with Crippen molar-refractivity contribution in [3.8, 4) is 0 Å². The molecule has 0 radical (unpaired) electrons. The summed E-state index contributed by atoms with van der Waals surface area (Å²) in [7, 11) is 0. The van der Waals surface area contributed by atoms with Gasteiger partial charge in [0.05, 0.1) is 0 Å². The molecule has 0 fully saturated rings. The predicted molar refractivity (Wildman–Crippen MR) is 63.8 cm³/mol. The molecule has 0 nitrogen and oxygen atoms in total. The number of alkyl halides is 1. The van der Waals surface area contributed by atoms with Gasteiger partial charge in [-0.1, -0.05) is 20.8 Å². The Morgan fingerprint density at radius 1 is 1.12 bits per heavy atom. The highest BCUT2D eigenvalue weighted by Crippen LogP contribution is 2.28. The number of rotatable bonds is 3. The van der Waals surface area contributed by atoms with Gasteiger partial charge in [0, 0.05) is 11.4 Å². The molecule has 0 saturated carbocycles. The van der Waals surface area contributed by atoms with Crippen molar-refractivity contribution in [1.29, 1.82) is 0 Å². The summed E-state index contributed by atoms with van der Waals surface area (Å²) in [6.07, 6.45) is 1.31. The Bertz CT molecular complexity index is 335. The van der Waals surface area contributed by atoms with E-state index >= 15 is 0 Å². The fraction of sp³-hybridized carbons (Fsp3) is 0.538. The van der Waals surface area contributed by atoms with E-state index < -0.39 is 11.6 Å². The summed E-state index contributed by atoms with van der Waals surface area (Å²) in [6.45, 7) is 6.16. The maximum Gasteiger partial charge on any atom is 0.126 e. The lowest BCUT2D eigenvalue weighted by atomic mass is 9.88. The minimum Gasteiger partial charge on any atom is -0.207 e. The van der Waals surface area contributed by atoms with Crippen LogP contribution in [0, 0.1) is 17.0 Å². The van der Waals surface area contributed by atoms with E-state index in [9.17, 15) is 8.78 Å². The van der Waals surface area contributed by atoms with Gasteiger partial charge in [0.2, 0.25) is 0 Å². The van der Waals surface area contributed by atoms with Crippen LogP contribution in [-0.2, 0) is 6.42 Å². The Labute approximate surface area is 101 Å². The third-order valence-corrected chi connectivity index (χ3v) is 3.42. The van der Waals surface area contributed by atoms with E-state index in [0.717, 1.165) is 6.07 Å². The van der Waals surface area contributed by atoms with E-state index in [2.05, 4.69) is 20.8 Å². The van der Waals surface area contributed by atoms with E-state index in [1.807, 2.05) is 0 Å². The van der Waals surface area contributed by atoms with Gasteiger partial charge in [0.15, 0.2) is 0 Å². The first-order valence-electron chi connectivity index (χ1n) is 5.38. The fourth-order valence-corrected chi connectivity index (χ4v) is 1.59. The molecule has 0 aliphatic heterocycles. The standard InChI is InChI=1S/C13H17ClF2/c1-13(2,3)12(14)5-4-9-6-10(15)8-11(16)7-9/h6-8,12H,4-5H2,1-3H3. The van der Waals surface area contributed by atoms with Crippen molar-refractivity contribution in [2.45, 2.75) is 39.0 Å². The summed E-state index contributed by atoms with van der Waals surface area (Å²) in [5.74, 6) is -1.06. The van der Waals surface area contributed by atoms with E-state index in [-0.39, 0.29) is 10.8 Å². The van der Waals surface area contributed by atoms with Gasteiger partial charge in [-0.15, -0.1) is 11.6 Å². The van der Waals surface area contributed by atoms with Crippen LogP contribution in [0.5, 0.6) is 0 Å². The van der Waals surface area contributed by atoms with Crippen molar-refractivity contribution >= 4 is 11.6 Å². The zero-order valence-electron chi connectivity index (χ0n) is 9.86. The summed E-state index contributed by atoms with van der Waals surface area (Å²) < 4.78 is 25.8. The topological polar surface area (TPSA) is 0 Å². The molecule has 3 heteroatoms. The van der Waals surface area contributed by atoms with E-state index in [0.29, 0.717) is 18.4 Å². The van der Waals surface area contributed by atoms with Crippen LogP contribution in [0.2, 0.25) is 0 Å². The first kappa shape index (κ1) is 13.4. The SMILES string of the molecule is CC(C)(C)C(Cl)CCc1cc(F)cc(F)c1. The molecule has 0 heterocycles. The van der Waals surface area contributed by atoms with E-state index in [1.54, 1.807) is 0 Å². The second kappa shape index (κ2) is 5.13. The molecule has 1 atom stereocenters. The third kappa shape index (κ3) is 4.09. The quantitative estimate of drug-likeness (QED) is 0.687. The normalized spacial score (nSPS) is 13.9. The molecule has 1 aromatic carbocycles. The van der Waals surface area contributed by atoms with Crippen LogP contribution in [0.1, 0.15) is 32.8 Å². The maximum atomic E-state index is 12.9. The monoisotopic (exact) mass is 246 g/mol. The molecule has 1 aromatic rings. The Kier molecular flexibility index (Phi) is 4.31. The molecule has 90 valence electrons. The second-order valence-corrected chi connectivity index (χ2v) is 5.68. The molecule has 16 heavy (non-hydrogen) atoms. The van der Waals surface area contributed by atoms with Crippen LogP contribution < -0.4 is 0 Å². The van der Waals surface area contributed by atoms with Crippen molar-refractivity contribution in [3.05, 3.63) is 35.4 Å². The van der Waals surface area contributed by atoms with Crippen LogP contribution in [0.3, 0.4) is 0 Å². The Morgan fingerprint density at radius 3 is 2.06 bits per heavy atom. The highest BCUT2D eigenvalue weighted by molar-refractivity contribution is 6.21. The zero-order valence-corrected chi connectivity index (χ0v) is 10.6. The molecule has 0 aliphatic carbocycles. The van der Waals surface area contributed by atoms with Crippen LogP contribution >= 0.6 is 11.6 Å². The van der Waals surface area contributed by atoms with Gasteiger partial charge < -0.3 is 0 Å². The number of benzene rings is 1. The largest absolute Gasteiger partial charge is 0.207 e. The average Bonchev–Trinajstić information content (AvgIpc) is 2.11. The Balaban J connectivity index is 2.61. The molecule has 0 saturated heterocycles. The average molecular weight is 247 g/mol. The molecule has 0 aromatic heterocycles. The minimum absolute atomic E-state index is 0.00108. The van der Waals surface area contributed by atoms with Crippen molar-refractivity contribution in [3.63, 3.8) is 0 Å². The second-order valence-electron chi connectivity index (χ2n) is 5.15. The lowest BCUT2D eigenvalue weighted by Gasteiger charge is -2.25. The zero-order chi connectivity index (χ0) is 12.3. The molecule has 1 unspecified atom stereocenters. The summed E-state index contributed by atoms with van der Waals surface area (Å²) in [5, 5.41) is -0.00108. The maximum absolute atomic E-state index is 12.9. The molecule has 0 spiro atoms. The van der Waals surface area contributed by atoms with Crippen LogP contribution in [0.25, 0.3) is 0 Å². The van der Waals surface area contributed by atoms with E-state index in [4.69, 9.17) is 11.6 Å². The molecule has 0 aliphatic rings. The lowest BCUT2D eigenvalue weighted by Crippen LogP contribution is -2.21. The van der Waals surface area contributed by atoms with Crippen molar-refractivity contribution < 1.29 is 8.78 Å². The fourth-order valence-electron chi connectivity index (χ4n) is 1.48. The molecular formula is C13H17ClF2. The third-order valence-electron chi connectivity index (χ3n) is 2.55. The summed E-state index contributed by atoms with van der Waals surface area (Å²) in [5.41, 5.74) is 0.667. The number of hydrogen-bond donors (Lipinski definition) is 0. The highest BCUT2D eigenvalue weighted by Gasteiger charge is 2.21. The van der Waals surface area contributed by atoms with Gasteiger partial charge in [-0.05, 0) is 36.0 Å². The highest BCUT2D eigenvalue weighted by atomic mass is 35.5.